The number of aryl methyl sites for hydroxylation is 2. The molecular weight excluding hydrogens is 248 g/mol. The summed E-state index contributed by atoms with van der Waals surface area (Å²) in [5.41, 5.74) is 9.75. The maximum absolute atomic E-state index is 11.9. The van der Waals surface area contributed by atoms with Crippen LogP contribution in [0.5, 0.6) is 0 Å². The van der Waals surface area contributed by atoms with Gasteiger partial charge in [0.25, 0.3) is 0 Å². The minimum atomic E-state index is 0.0127. The van der Waals surface area contributed by atoms with Gasteiger partial charge in [-0.25, -0.2) is 0 Å². The summed E-state index contributed by atoms with van der Waals surface area (Å²) < 4.78 is 0. The first-order valence-electron chi connectivity index (χ1n) is 7.26. The zero-order valence-corrected chi connectivity index (χ0v) is 13.4. The number of amides is 1. The fourth-order valence-corrected chi connectivity index (χ4v) is 2.27. The largest absolute Gasteiger partial charge is 0.354 e. The van der Waals surface area contributed by atoms with Crippen molar-refractivity contribution in [2.75, 3.05) is 6.54 Å². The number of hydrogen-bond acceptors (Lipinski definition) is 2. The van der Waals surface area contributed by atoms with E-state index in [9.17, 15) is 4.79 Å². The topological polar surface area (TPSA) is 55.1 Å². The summed E-state index contributed by atoms with van der Waals surface area (Å²) in [6.07, 6.45) is 1.32. The van der Waals surface area contributed by atoms with Crippen LogP contribution in [0.25, 0.3) is 0 Å². The molecule has 1 unspecified atom stereocenters. The van der Waals surface area contributed by atoms with Crippen LogP contribution in [0.3, 0.4) is 0 Å². The molecule has 0 saturated carbocycles. The number of nitrogens with two attached hydrogens (primary N) is 1. The highest BCUT2D eigenvalue weighted by Gasteiger charge is 2.16. The number of benzene rings is 1. The van der Waals surface area contributed by atoms with E-state index in [2.05, 4.69) is 52.1 Å². The maximum Gasteiger partial charge on any atom is 0.224 e. The zero-order chi connectivity index (χ0) is 15.3. The van der Waals surface area contributed by atoms with Crippen LogP contribution in [-0.2, 0) is 11.2 Å². The zero-order valence-electron chi connectivity index (χ0n) is 13.4. The van der Waals surface area contributed by atoms with Gasteiger partial charge in [0, 0.05) is 12.6 Å². The van der Waals surface area contributed by atoms with E-state index in [1.54, 1.807) is 0 Å². The Bertz CT molecular complexity index is 461. The molecule has 0 aromatic heterocycles. The summed E-state index contributed by atoms with van der Waals surface area (Å²) >= 11 is 0. The van der Waals surface area contributed by atoms with Crippen LogP contribution >= 0.6 is 0 Å². The molecule has 3 heteroatoms. The highest BCUT2D eigenvalue weighted by Crippen LogP contribution is 2.19. The summed E-state index contributed by atoms with van der Waals surface area (Å²) in [6.45, 7) is 11.2. The molecule has 0 radical (unpaired) electrons. The minimum absolute atomic E-state index is 0.0127. The molecule has 0 aliphatic carbocycles. The number of rotatable bonds is 5. The van der Waals surface area contributed by atoms with Gasteiger partial charge < -0.3 is 11.1 Å². The fourth-order valence-electron chi connectivity index (χ4n) is 2.27. The fraction of sp³-hybridized carbons (Fsp3) is 0.588. The molecule has 1 rings (SSSR count). The Morgan fingerprint density at radius 2 is 1.90 bits per heavy atom. The molecule has 0 saturated heterocycles. The summed E-state index contributed by atoms with van der Waals surface area (Å²) in [4.78, 5) is 11.9. The molecule has 1 amide bonds. The molecule has 0 fully saturated rings. The van der Waals surface area contributed by atoms with E-state index in [1.165, 1.54) is 11.1 Å². The van der Waals surface area contributed by atoms with E-state index in [4.69, 9.17) is 5.73 Å². The third-order valence-corrected chi connectivity index (χ3v) is 3.37. The normalized spacial score (nSPS) is 13.1. The van der Waals surface area contributed by atoms with Gasteiger partial charge in [0.1, 0.15) is 0 Å². The van der Waals surface area contributed by atoms with Gasteiger partial charge in [-0.3, -0.25) is 4.79 Å². The highest BCUT2D eigenvalue weighted by atomic mass is 16.1. The van der Waals surface area contributed by atoms with Gasteiger partial charge in [-0.1, -0.05) is 39.0 Å². The highest BCUT2D eigenvalue weighted by molar-refractivity contribution is 5.78. The Hall–Kier alpha value is -1.35. The van der Waals surface area contributed by atoms with Gasteiger partial charge in [-0.05, 0) is 42.4 Å². The monoisotopic (exact) mass is 276 g/mol. The van der Waals surface area contributed by atoms with Gasteiger partial charge in [0.05, 0.1) is 6.42 Å². The van der Waals surface area contributed by atoms with Gasteiger partial charge >= 0.3 is 0 Å². The molecule has 0 aliphatic rings. The smallest absolute Gasteiger partial charge is 0.224 e. The summed E-state index contributed by atoms with van der Waals surface area (Å²) in [5, 5.41) is 2.92. The Balaban J connectivity index is 2.42. The Morgan fingerprint density at radius 3 is 2.45 bits per heavy atom. The van der Waals surface area contributed by atoms with Crippen molar-refractivity contribution in [2.45, 2.75) is 53.5 Å². The summed E-state index contributed by atoms with van der Waals surface area (Å²) in [7, 11) is 0. The summed E-state index contributed by atoms with van der Waals surface area (Å²) in [5.74, 6) is 0.0395. The molecular formula is C17H28N2O. The summed E-state index contributed by atoms with van der Waals surface area (Å²) in [6, 6.07) is 6.16. The third-order valence-electron chi connectivity index (χ3n) is 3.37. The third kappa shape index (κ3) is 6.20. The van der Waals surface area contributed by atoms with E-state index in [0.717, 1.165) is 12.0 Å². The molecule has 3 N–H and O–H groups in total. The van der Waals surface area contributed by atoms with Crippen molar-refractivity contribution in [1.82, 2.24) is 5.32 Å². The van der Waals surface area contributed by atoms with Gasteiger partial charge in [-0.15, -0.1) is 0 Å². The predicted molar refractivity (Wildman–Crippen MR) is 84.7 cm³/mol. The predicted octanol–water partition coefficient (Wildman–Crippen LogP) is 2.73. The van der Waals surface area contributed by atoms with Crippen molar-refractivity contribution < 1.29 is 4.79 Å². The second-order valence-corrected chi connectivity index (χ2v) is 6.92. The van der Waals surface area contributed by atoms with Gasteiger partial charge in [-0.2, -0.15) is 0 Å². The van der Waals surface area contributed by atoms with Gasteiger partial charge in [0.2, 0.25) is 5.91 Å². The van der Waals surface area contributed by atoms with Crippen LogP contribution in [0.1, 0.15) is 43.9 Å². The lowest BCUT2D eigenvalue weighted by Gasteiger charge is -2.23. The van der Waals surface area contributed by atoms with E-state index < -0.39 is 0 Å². The molecule has 0 bridgehead atoms. The van der Waals surface area contributed by atoms with Crippen molar-refractivity contribution >= 4 is 5.91 Å². The Kier molecular flexibility index (Phi) is 5.75. The molecule has 1 atom stereocenters. The second kappa shape index (κ2) is 6.89. The molecule has 112 valence electrons. The van der Waals surface area contributed by atoms with Crippen LogP contribution in [0.2, 0.25) is 0 Å². The van der Waals surface area contributed by atoms with E-state index in [1.807, 2.05) is 6.07 Å². The number of carbonyl (C=O) groups excluding carboxylic acids is 1. The molecule has 3 nitrogen and oxygen atoms in total. The second-order valence-electron chi connectivity index (χ2n) is 6.92. The molecule has 0 spiro atoms. The molecule has 1 aromatic rings. The Labute approximate surface area is 122 Å². The molecule has 0 aliphatic heterocycles. The Morgan fingerprint density at radius 1 is 1.25 bits per heavy atom. The van der Waals surface area contributed by atoms with Crippen LogP contribution < -0.4 is 11.1 Å². The van der Waals surface area contributed by atoms with E-state index in [-0.39, 0.29) is 17.4 Å². The average molecular weight is 276 g/mol. The first-order valence-corrected chi connectivity index (χ1v) is 7.26. The first kappa shape index (κ1) is 16.7. The van der Waals surface area contributed by atoms with Crippen LogP contribution in [-0.4, -0.2) is 18.5 Å². The first-order chi connectivity index (χ1) is 9.17. The standard InChI is InChI=1S/C17H28N2O/c1-12-6-7-14(8-13(12)2)9-16(20)19-11-15(18)10-17(3,4)5/h6-8,15H,9-11,18H2,1-5H3,(H,19,20). The quantitative estimate of drug-likeness (QED) is 0.869. The minimum Gasteiger partial charge on any atom is -0.354 e. The van der Waals surface area contributed by atoms with Gasteiger partial charge in [0.15, 0.2) is 0 Å². The average Bonchev–Trinajstić information content (AvgIpc) is 2.29. The van der Waals surface area contributed by atoms with Crippen LogP contribution in [0, 0.1) is 19.3 Å². The molecule has 0 heterocycles. The maximum atomic E-state index is 11.9. The van der Waals surface area contributed by atoms with Crippen molar-refractivity contribution in [1.29, 1.82) is 0 Å². The number of nitrogens with one attached hydrogen (secondary N) is 1. The molecule has 20 heavy (non-hydrogen) atoms. The lowest BCUT2D eigenvalue weighted by Crippen LogP contribution is -2.40. The lowest BCUT2D eigenvalue weighted by atomic mass is 9.88. The van der Waals surface area contributed by atoms with Crippen molar-refractivity contribution in [2.24, 2.45) is 11.1 Å². The van der Waals surface area contributed by atoms with Crippen molar-refractivity contribution in [3.8, 4) is 0 Å². The number of carbonyl (C=O) groups is 1. The van der Waals surface area contributed by atoms with E-state index in [0.29, 0.717) is 13.0 Å². The van der Waals surface area contributed by atoms with Crippen LogP contribution in [0.4, 0.5) is 0 Å². The van der Waals surface area contributed by atoms with Crippen LogP contribution in [0.15, 0.2) is 18.2 Å². The SMILES string of the molecule is Cc1ccc(CC(=O)NCC(N)CC(C)(C)C)cc1C. The van der Waals surface area contributed by atoms with Crippen molar-refractivity contribution in [3.05, 3.63) is 34.9 Å². The lowest BCUT2D eigenvalue weighted by molar-refractivity contribution is -0.120. The van der Waals surface area contributed by atoms with E-state index >= 15 is 0 Å². The number of hydrogen-bond donors (Lipinski definition) is 2. The molecule has 1 aromatic carbocycles. The van der Waals surface area contributed by atoms with Crippen molar-refractivity contribution in [3.63, 3.8) is 0 Å².